The molecule has 1 fully saturated rings. The van der Waals surface area contributed by atoms with Crippen molar-refractivity contribution in [1.82, 2.24) is 0 Å². The Kier molecular flexibility index (Phi) is 51.7. The van der Waals surface area contributed by atoms with Crippen molar-refractivity contribution >= 4 is 0 Å². The summed E-state index contributed by atoms with van der Waals surface area (Å²) in [5.41, 5.74) is 0. The molecule has 0 aromatic carbocycles. The maximum absolute atomic E-state index is 2.37. The summed E-state index contributed by atoms with van der Waals surface area (Å²) in [6.07, 6.45) is 8.39. The Bertz CT molecular complexity index is 66.0. The van der Waals surface area contributed by atoms with Gasteiger partial charge in [0.15, 0.2) is 0 Å². The molecule has 0 radical (unpaired) electrons. The molecule has 0 bridgehead atoms. The van der Waals surface area contributed by atoms with E-state index in [0.717, 1.165) is 11.8 Å². The summed E-state index contributed by atoms with van der Waals surface area (Å²) in [7, 11) is 0. The first kappa shape index (κ1) is 30.8. The van der Waals surface area contributed by atoms with Gasteiger partial charge in [-0.15, -0.1) is 0 Å². The van der Waals surface area contributed by atoms with Crippen LogP contribution in [0.2, 0.25) is 0 Å². The van der Waals surface area contributed by atoms with E-state index in [9.17, 15) is 0 Å². The van der Waals surface area contributed by atoms with Gasteiger partial charge in [0.05, 0.1) is 0 Å². The predicted octanol–water partition coefficient (Wildman–Crippen LogP) is 7.96. The smallest absolute Gasteiger partial charge is 0.0443 e. The summed E-state index contributed by atoms with van der Waals surface area (Å²) in [4.78, 5) is 0. The van der Waals surface area contributed by atoms with E-state index in [1.165, 1.54) is 38.5 Å². The van der Waals surface area contributed by atoms with Gasteiger partial charge in [-0.1, -0.05) is 109 Å². The first-order chi connectivity index (χ1) is 7.62. The molecule has 0 heteroatoms. The van der Waals surface area contributed by atoms with Crippen LogP contribution < -0.4 is 0 Å². The fraction of sp³-hybridized carbons (Fsp3) is 1.00. The van der Waals surface area contributed by atoms with Gasteiger partial charge >= 0.3 is 0 Å². The van der Waals surface area contributed by atoms with Crippen molar-refractivity contribution in [1.29, 1.82) is 0 Å². The lowest BCUT2D eigenvalue weighted by Gasteiger charge is -2.22. The minimum absolute atomic E-state index is 0. The van der Waals surface area contributed by atoms with Crippen LogP contribution in [0, 0.1) is 11.8 Å². The summed E-state index contributed by atoms with van der Waals surface area (Å²) in [5, 5.41) is 0. The highest BCUT2D eigenvalue weighted by Gasteiger charge is 2.13. The van der Waals surface area contributed by atoms with Crippen molar-refractivity contribution < 1.29 is 0 Å². The first-order valence-electron chi connectivity index (χ1n) is 7.62. The third kappa shape index (κ3) is 36.0. The zero-order chi connectivity index (χ0) is 13.4. The van der Waals surface area contributed by atoms with Crippen LogP contribution >= 0.6 is 0 Å². The summed E-state index contributed by atoms with van der Waals surface area (Å²) in [6.45, 7) is 17.2. The molecule has 0 amide bonds. The van der Waals surface area contributed by atoms with Gasteiger partial charge in [-0.2, -0.15) is 0 Å². The van der Waals surface area contributed by atoms with Gasteiger partial charge in [0.2, 0.25) is 0 Å². The van der Waals surface area contributed by atoms with E-state index in [-0.39, 0.29) is 14.9 Å². The zero-order valence-corrected chi connectivity index (χ0v) is 13.4. The van der Waals surface area contributed by atoms with E-state index in [2.05, 4.69) is 41.5 Å². The second kappa shape index (κ2) is 30.2. The van der Waals surface area contributed by atoms with E-state index in [4.69, 9.17) is 0 Å². The molecule has 1 aliphatic rings. The van der Waals surface area contributed by atoms with Crippen LogP contribution in [0.1, 0.15) is 109 Å². The molecule has 1 aliphatic carbocycles. The summed E-state index contributed by atoms with van der Waals surface area (Å²) < 4.78 is 0. The lowest BCUT2D eigenvalue weighted by molar-refractivity contribution is 0.308. The molecule has 118 valence electrons. The monoisotopic (exact) mass is 262 g/mol. The summed E-state index contributed by atoms with van der Waals surface area (Å²) >= 11 is 0. The minimum Gasteiger partial charge on any atom is -0.0776 e. The first-order valence-corrected chi connectivity index (χ1v) is 7.62. The number of rotatable bonds is 0. The maximum Gasteiger partial charge on any atom is -0.0443 e. The van der Waals surface area contributed by atoms with Gasteiger partial charge in [0, 0.05) is 0 Å². The highest BCUT2D eigenvalue weighted by molar-refractivity contribution is 4.65. The van der Waals surface area contributed by atoms with Crippen molar-refractivity contribution in [3.63, 3.8) is 0 Å². The van der Waals surface area contributed by atoms with E-state index in [0.29, 0.717) is 0 Å². The van der Waals surface area contributed by atoms with Crippen LogP contribution in [0.4, 0.5) is 0 Å². The lowest BCUT2D eigenvalue weighted by Crippen LogP contribution is -2.08. The Labute approximate surface area is 121 Å². The van der Waals surface area contributed by atoms with Crippen molar-refractivity contribution in [2.45, 2.75) is 109 Å². The molecule has 0 spiro atoms. The Morgan fingerprint density at radius 3 is 0.833 bits per heavy atom. The average molecular weight is 263 g/mol. The fourth-order valence-electron chi connectivity index (χ4n) is 1.43. The van der Waals surface area contributed by atoms with Gasteiger partial charge in [-0.05, 0) is 11.8 Å². The van der Waals surface area contributed by atoms with Crippen LogP contribution in [0.5, 0.6) is 0 Å². The highest BCUT2D eigenvalue weighted by atomic mass is 14.2. The number of hydrogen-bond acceptors (Lipinski definition) is 0. The van der Waals surface area contributed by atoms with Gasteiger partial charge in [0.1, 0.15) is 0 Å². The lowest BCUT2D eigenvalue weighted by atomic mass is 9.84. The molecule has 0 aromatic rings. The quantitative estimate of drug-likeness (QED) is 0.415. The van der Waals surface area contributed by atoms with Crippen LogP contribution in [-0.2, 0) is 0 Å². The molecule has 0 aliphatic heterocycles. The van der Waals surface area contributed by atoms with Crippen LogP contribution in [0.15, 0.2) is 0 Å². The number of hydrogen-bond donors (Lipinski definition) is 0. The van der Waals surface area contributed by atoms with Crippen LogP contribution in [0.25, 0.3) is 0 Å². The third-order valence-electron chi connectivity index (χ3n) is 2.30. The van der Waals surface area contributed by atoms with Gasteiger partial charge < -0.3 is 0 Å². The molecule has 0 nitrogen and oxygen atoms in total. The normalized spacial score (nSPS) is 20.0. The third-order valence-corrected chi connectivity index (χ3v) is 2.30. The van der Waals surface area contributed by atoms with Crippen molar-refractivity contribution in [2.75, 3.05) is 0 Å². The maximum atomic E-state index is 2.37. The zero-order valence-electron chi connectivity index (χ0n) is 13.4. The van der Waals surface area contributed by atoms with Crippen molar-refractivity contribution in [3.8, 4) is 0 Å². The van der Waals surface area contributed by atoms with E-state index < -0.39 is 0 Å². The predicted molar refractivity (Wildman–Crippen MR) is 93.5 cm³/mol. The molecule has 0 heterocycles. The average Bonchev–Trinajstić information content (AvgIpc) is 2.28. The Hall–Kier alpha value is 0. The SMILES string of the molecule is C.C.CC.CC1CCC(C)CC1.CCC.CCC. The van der Waals surface area contributed by atoms with Gasteiger partial charge in [-0.3, -0.25) is 0 Å². The summed E-state index contributed by atoms with van der Waals surface area (Å²) in [5.74, 6) is 2.04. The fourth-order valence-corrected chi connectivity index (χ4v) is 1.43. The highest BCUT2D eigenvalue weighted by Crippen LogP contribution is 2.27. The van der Waals surface area contributed by atoms with Crippen LogP contribution in [0.3, 0.4) is 0 Å². The van der Waals surface area contributed by atoms with Crippen LogP contribution in [-0.4, -0.2) is 0 Å². The Morgan fingerprint density at radius 2 is 0.722 bits per heavy atom. The molecule has 18 heavy (non-hydrogen) atoms. The van der Waals surface area contributed by atoms with E-state index >= 15 is 0 Å². The molecule has 1 rings (SSSR count). The Morgan fingerprint density at radius 1 is 0.611 bits per heavy atom. The van der Waals surface area contributed by atoms with E-state index in [1.54, 1.807) is 0 Å². The Balaban J connectivity index is -0.0000000489. The molecular formula is C18H46. The van der Waals surface area contributed by atoms with Crippen molar-refractivity contribution in [3.05, 3.63) is 0 Å². The van der Waals surface area contributed by atoms with E-state index in [1.807, 2.05) is 13.8 Å². The molecule has 0 atom stereocenters. The second-order valence-electron chi connectivity index (χ2n) is 4.78. The molecule has 0 N–H and O–H groups in total. The largest absolute Gasteiger partial charge is 0.0776 e. The van der Waals surface area contributed by atoms with Crippen molar-refractivity contribution in [2.24, 2.45) is 11.8 Å². The van der Waals surface area contributed by atoms with Gasteiger partial charge in [0.25, 0.3) is 0 Å². The molecule has 0 saturated heterocycles. The molecular weight excluding hydrogens is 216 g/mol. The molecule has 0 unspecified atom stereocenters. The second-order valence-corrected chi connectivity index (χ2v) is 4.78. The standard InChI is InChI=1S/C8H16.2C3H8.C2H6.2CH4/c1-7-3-5-8(2)6-4-7;2*1-3-2;1-2;;/h7-8H,3-6H2,1-2H3;2*3H2,1-2H3;1-2H3;2*1H4. The van der Waals surface area contributed by atoms with Gasteiger partial charge in [-0.25, -0.2) is 0 Å². The molecule has 1 saturated carbocycles. The molecule has 0 aromatic heterocycles. The minimum atomic E-state index is 0. The topological polar surface area (TPSA) is 0 Å². The summed E-state index contributed by atoms with van der Waals surface area (Å²) in [6, 6.07) is 0.